The third-order valence-electron chi connectivity index (χ3n) is 1.50. The Kier molecular flexibility index (Phi) is 2.04. The van der Waals surface area contributed by atoms with Crippen LogP contribution in [0.3, 0.4) is 0 Å². The summed E-state index contributed by atoms with van der Waals surface area (Å²) in [5.74, 6) is 0. The quantitative estimate of drug-likeness (QED) is 0.612. The van der Waals surface area contributed by atoms with Gasteiger partial charge in [0.1, 0.15) is 0 Å². The van der Waals surface area contributed by atoms with Gasteiger partial charge in [-0.05, 0) is 13.3 Å². The molecule has 0 saturated carbocycles. The van der Waals surface area contributed by atoms with Gasteiger partial charge in [-0.15, -0.1) is 6.58 Å². The van der Waals surface area contributed by atoms with Gasteiger partial charge in [0, 0.05) is 0 Å². The molecule has 0 aromatic heterocycles. The van der Waals surface area contributed by atoms with Crippen molar-refractivity contribution in [2.75, 3.05) is 6.61 Å². The average Bonchev–Trinajstić information content (AvgIpc) is 2.07. The maximum absolute atomic E-state index is 10.8. The minimum Gasteiger partial charge on any atom is -0.256 e. The average molecular weight is 177 g/mol. The van der Waals surface area contributed by atoms with E-state index in [1.165, 1.54) is 0 Å². The van der Waals surface area contributed by atoms with Crippen molar-refractivity contribution in [1.82, 2.24) is 4.72 Å². The summed E-state index contributed by atoms with van der Waals surface area (Å²) in [6.07, 6.45) is 2.24. The van der Waals surface area contributed by atoms with Crippen LogP contribution in [0.4, 0.5) is 0 Å². The molecule has 1 aliphatic rings. The predicted molar refractivity (Wildman–Crippen MR) is 41.2 cm³/mol. The first-order chi connectivity index (χ1) is 4.97. The van der Waals surface area contributed by atoms with E-state index in [0.29, 0.717) is 6.42 Å². The Bertz CT molecular complexity index is 259. The molecule has 1 saturated heterocycles. The number of rotatable bonds is 2. The van der Waals surface area contributed by atoms with Crippen molar-refractivity contribution >= 4 is 10.3 Å². The summed E-state index contributed by atoms with van der Waals surface area (Å²) in [6.45, 7) is 5.49. The maximum atomic E-state index is 10.8. The number of hydrogen-bond acceptors (Lipinski definition) is 3. The predicted octanol–water partition coefficient (Wildman–Crippen LogP) is 0.186. The smallest absolute Gasteiger partial charge is 0.256 e. The van der Waals surface area contributed by atoms with E-state index in [1.54, 1.807) is 13.0 Å². The zero-order valence-electron chi connectivity index (χ0n) is 6.33. The van der Waals surface area contributed by atoms with Gasteiger partial charge in [-0.25, -0.2) is 0 Å². The van der Waals surface area contributed by atoms with Crippen LogP contribution in [0.25, 0.3) is 0 Å². The molecule has 1 heterocycles. The summed E-state index contributed by atoms with van der Waals surface area (Å²) in [5, 5.41) is 0. The second kappa shape index (κ2) is 2.58. The van der Waals surface area contributed by atoms with Crippen molar-refractivity contribution in [1.29, 1.82) is 0 Å². The van der Waals surface area contributed by atoms with Crippen molar-refractivity contribution in [3.05, 3.63) is 12.7 Å². The van der Waals surface area contributed by atoms with Gasteiger partial charge in [-0.3, -0.25) is 4.18 Å². The summed E-state index contributed by atoms with van der Waals surface area (Å²) in [4.78, 5) is 0. The minimum absolute atomic E-state index is 0.182. The maximum Gasteiger partial charge on any atom is 0.336 e. The van der Waals surface area contributed by atoms with E-state index in [4.69, 9.17) is 0 Å². The Morgan fingerprint density at radius 3 is 2.82 bits per heavy atom. The number of nitrogens with one attached hydrogen (secondary N) is 1. The molecule has 64 valence electrons. The lowest BCUT2D eigenvalue weighted by atomic mass is 10.0. The number of hydrogen-bond donors (Lipinski definition) is 1. The monoisotopic (exact) mass is 177 g/mol. The first-order valence-corrected chi connectivity index (χ1v) is 4.67. The van der Waals surface area contributed by atoms with Crippen LogP contribution in [-0.4, -0.2) is 20.6 Å². The van der Waals surface area contributed by atoms with Gasteiger partial charge in [0.05, 0.1) is 12.1 Å². The van der Waals surface area contributed by atoms with Crippen molar-refractivity contribution in [2.45, 2.75) is 18.9 Å². The second-order valence-corrected chi connectivity index (χ2v) is 4.22. The molecule has 4 nitrogen and oxygen atoms in total. The lowest BCUT2D eigenvalue weighted by Crippen LogP contribution is -2.39. The Labute approximate surface area is 66.5 Å². The highest BCUT2D eigenvalue weighted by atomic mass is 32.2. The van der Waals surface area contributed by atoms with Crippen LogP contribution >= 0.6 is 0 Å². The van der Waals surface area contributed by atoms with Gasteiger partial charge in [-0.1, -0.05) is 6.08 Å². The molecule has 1 atom stereocenters. The molecule has 0 spiro atoms. The largest absolute Gasteiger partial charge is 0.336 e. The fourth-order valence-electron chi connectivity index (χ4n) is 0.987. The van der Waals surface area contributed by atoms with E-state index in [1.807, 2.05) is 0 Å². The Balaban J connectivity index is 2.72. The summed E-state index contributed by atoms with van der Waals surface area (Å²) >= 11 is 0. The van der Waals surface area contributed by atoms with Crippen LogP contribution in [0.5, 0.6) is 0 Å². The van der Waals surface area contributed by atoms with E-state index < -0.39 is 15.8 Å². The molecule has 5 heteroatoms. The van der Waals surface area contributed by atoms with Crippen LogP contribution in [0, 0.1) is 0 Å². The van der Waals surface area contributed by atoms with Gasteiger partial charge in [0.15, 0.2) is 0 Å². The van der Waals surface area contributed by atoms with E-state index >= 15 is 0 Å². The van der Waals surface area contributed by atoms with Gasteiger partial charge in [-0.2, -0.15) is 13.1 Å². The molecular weight excluding hydrogens is 166 g/mol. The lowest BCUT2D eigenvalue weighted by molar-refractivity contribution is 0.284. The summed E-state index contributed by atoms with van der Waals surface area (Å²) in [6, 6.07) is 0. The third-order valence-corrected chi connectivity index (χ3v) is 2.67. The standard InChI is InChI=1S/C6H11NO3S/c1-3-4-6(2)5-10-11(8,9)7-6/h3,7H,1,4-5H2,2H3/t6-/m1/s1. The molecule has 1 N–H and O–H groups in total. The second-order valence-electron chi connectivity index (χ2n) is 2.87. The lowest BCUT2D eigenvalue weighted by Gasteiger charge is -2.16. The van der Waals surface area contributed by atoms with Gasteiger partial charge in [0.2, 0.25) is 0 Å². The topological polar surface area (TPSA) is 55.4 Å². The van der Waals surface area contributed by atoms with Gasteiger partial charge < -0.3 is 0 Å². The molecular formula is C6H11NO3S. The summed E-state index contributed by atoms with van der Waals surface area (Å²) in [7, 11) is -3.47. The third kappa shape index (κ3) is 2.02. The molecule has 0 aromatic carbocycles. The molecule has 0 aromatic rings. The van der Waals surface area contributed by atoms with Crippen LogP contribution in [0.15, 0.2) is 12.7 Å². The SMILES string of the molecule is C=CC[C@]1(C)COS(=O)(=O)N1. The summed E-state index contributed by atoms with van der Waals surface area (Å²) in [5.41, 5.74) is -0.499. The first kappa shape index (κ1) is 8.70. The molecule has 0 radical (unpaired) electrons. The molecule has 0 aliphatic carbocycles. The molecule has 0 bridgehead atoms. The van der Waals surface area contributed by atoms with Crippen LogP contribution in [-0.2, 0) is 14.5 Å². The van der Waals surface area contributed by atoms with Crippen molar-refractivity contribution in [2.24, 2.45) is 0 Å². The fraction of sp³-hybridized carbons (Fsp3) is 0.667. The first-order valence-electron chi connectivity index (χ1n) is 3.27. The molecule has 1 aliphatic heterocycles. The molecule has 1 rings (SSSR count). The molecule has 0 amide bonds. The van der Waals surface area contributed by atoms with Gasteiger partial charge >= 0.3 is 10.3 Å². The highest BCUT2D eigenvalue weighted by Crippen LogP contribution is 2.19. The van der Waals surface area contributed by atoms with Gasteiger partial charge in [0.25, 0.3) is 0 Å². The highest BCUT2D eigenvalue weighted by Gasteiger charge is 2.37. The van der Waals surface area contributed by atoms with Crippen molar-refractivity contribution < 1.29 is 12.6 Å². The van der Waals surface area contributed by atoms with Crippen LogP contribution in [0.1, 0.15) is 13.3 Å². The normalized spacial score (nSPS) is 35.4. The Morgan fingerprint density at radius 1 is 1.82 bits per heavy atom. The zero-order chi connectivity index (χ0) is 8.54. The molecule has 11 heavy (non-hydrogen) atoms. The van der Waals surface area contributed by atoms with Crippen LogP contribution in [0.2, 0.25) is 0 Å². The molecule has 1 fully saturated rings. The summed E-state index contributed by atoms with van der Waals surface area (Å²) < 4.78 is 28.4. The fourth-order valence-corrected chi connectivity index (χ4v) is 2.21. The van der Waals surface area contributed by atoms with Crippen LogP contribution < -0.4 is 4.72 Å². The Morgan fingerprint density at radius 2 is 2.45 bits per heavy atom. The molecule has 0 unspecified atom stereocenters. The zero-order valence-corrected chi connectivity index (χ0v) is 7.15. The van der Waals surface area contributed by atoms with E-state index in [0.717, 1.165) is 0 Å². The minimum atomic E-state index is -3.47. The van der Waals surface area contributed by atoms with Crippen molar-refractivity contribution in [3.8, 4) is 0 Å². The van der Waals surface area contributed by atoms with Crippen molar-refractivity contribution in [3.63, 3.8) is 0 Å². The highest BCUT2D eigenvalue weighted by molar-refractivity contribution is 7.85. The van der Waals surface area contributed by atoms with E-state index in [9.17, 15) is 8.42 Å². The van der Waals surface area contributed by atoms with E-state index in [2.05, 4.69) is 15.5 Å². The Hall–Kier alpha value is -0.390. The van der Waals surface area contributed by atoms with E-state index in [-0.39, 0.29) is 6.61 Å².